The lowest BCUT2D eigenvalue weighted by molar-refractivity contribution is -0.149. The van der Waals surface area contributed by atoms with E-state index in [1.54, 1.807) is 0 Å². The van der Waals surface area contributed by atoms with Crippen molar-refractivity contribution >= 4 is 45.3 Å². The summed E-state index contributed by atoms with van der Waals surface area (Å²) in [5, 5.41) is 5.90. The monoisotopic (exact) mass is 502 g/mol. The first kappa shape index (κ1) is 18.8. The van der Waals surface area contributed by atoms with Crippen LogP contribution >= 0.6 is 22.6 Å². The molecule has 2 aliphatic heterocycles. The zero-order valence-corrected chi connectivity index (χ0v) is 18.7. The van der Waals surface area contributed by atoms with E-state index in [0.717, 1.165) is 51.9 Å². The molecule has 0 spiro atoms. The average Bonchev–Trinajstić information content (AvgIpc) is 3.11. The summed E-state index contributed by atoms with van der Waals surface area (Å²) in [5.41, 5.74) is 3.29. The highest BCUT2D eigenvalue weighted by Gasteiger charge is 2.44. The van der Waals surface area contributed by atoms with Gasteiger partial charge >= 0.3 is 5.97 Å². The molecule has 6 rings (SSSR count). The second-order valence-corrected chi connectivity index (χ2v) is 9.08. The largest absolute Gasteiger partial charge is 0.469 e. The van der Waals surface area contributed by atoms with E-state index in [9.17, 15) is 4.79 Å². The van der Waals surface area contributed by atoms with E-state index in [-0.39, 0.29) is 11.9 Å². The maximum atomic E-state index is 12.1. The zero-order valence-electron chi connectivity index (χ0n) is 16.5. The van der Waals surface area contributed by atoms with Crippen molar-refractivity contribution in [3.05, 3.63) is 45.8 Å². The Morgan fingerprint density at radius 2 is 2.10 bits per heavy atom. The molecule has 1 saturated carbocycles. The number of benzene rings is 1. The van der Waals surface area contributed by atoms with Crippen LogP contribution in [0, 0.1) is 22.5 Å². The second kappa shape index (κ2) is 7.27. The molecule has 4 heterocycles. The van der Waals surface area contributed by atoms with Gasteiger partial charge in [0.15, 0.2) is 0 Å². The van der Waals surface area contributed by atoms with Crippen molar-refractivity contribution in [2.45, 2.75) is 32.2 Å². The van der Waals surface area contributed by atoms with Crippen molar-refractivity contribution in [3.8, 4) is 5.69 Å². The minimum Gasteiger partial charge on any atom is -0.469 e. The molecule has 0 radical (unpaired) electrons. The number of carbonyl (C=O) groups is 1. The van der Waals surface area contributed by atoms with Crippen molar-refractivity contribution in [1.82, 2.24) is 14.8 Å². The van der Waals surface area contributed by atoms with Gasteiger partial charge < -0.3 is 9.64 Å². The molecule has 0 amide bonds. The van der Waals surface area contributed by atoms with Gasteiger partial charge in [-0.15, -0.1) is 0 Å². The van der Waals surface area contributed by atoms with Gasteiger partial charge in [0.25, 0.3) is 0 Å². The molecular formula is C22H23IN4O2. The molecule has 3 atom stereocenters. The summed E-state index contributed by atoms with van der Waals surface area (Å²) in [6.45, 7) is 2.99. The third-order valence-corrected chi connectivity index (χ3v) is 7.27. The fourth-order valence-corrected chi connectivity index (χ4v) is 5.64. The number of para-hydroxylation sites is 1. The summed E-state index contributed by atoms with van der Waals surface area (Å²) in [5.74, 6) is 1.32. The molecule has 3 aromatic rings. The van der Waals surface area contributed by atoms with Gasteiger partial charge in [0, 0.05) is 18.0 Å². The van der Waals surface area contributed by atoms with E-state index in [2.05, 4.69) is 64.7 Å². The third kappa shape index (κ3) is 3.10. The summed E-state index contributed by atoms with van der Waals surface area (Å²) >= 11 is 2.29. The number of methoxy groups -OCH3 is 1. The number of fused-ring (bicyclic) bond motifs is 4. The van der Waals surface area contributed by atoms with Crippen LogP contribution in [-0.2, 0) is 9.53 Å². The summed E-state index contributed by atoms with van der Waals surface area (Å²) in [4.78, 5) is 19.2. The topological polar surface area (TPSA) is 60.2 Å². The Morgan fingerprint density at radius 1 is 1.24 bits per heavy atom. The smallest absolute Gasteiger partial charge is 0.309 e. The zero-order chi connectivity index (χ0) is 20.1. The molecule has 1 aliphatic carbocycles. The van der Waals surface area contributed by atoms with Gasteiger partial charge in [-0.25, -0.2) is 9.67 Å². The Balaban J connectivity index is 1.43. The normalized spacial score (nSPS) is 23.6. The molecule has 3 aliphatic rings. The van der Waals surface area contributed by atoms with E-state index >= 15 is 0 Å². The van der Waals surface area contributed by atoms with Gasteiger partial charge in [0.05, 0.1) is 30.4 Å². The quantitative estimate of drug-likeness (QED) is 0.399. The van der Waals surface area contributed by atoms with Crippen LogP contribution in [0.15, 0.2) is 36.5 Å². The van der Waals surface area contributed by atoms with Crippen molar-refractivity contribution in [3.63, 3.8) is 0 Å². The average molecular weight is 502 g/mol. The van der Waals surface area contributed by atoms with Gasteiger partial charge in [-0.3, -0.25) is 4.79 Å². The Hall–Kier alpha value is -2.16. The SMILES string of the molecule is COC(=O)[C@H]1C[C@H]2CC[C@@H]1CN2c1ccc(-n2nc(I)c3cccc(C)c32)cn1. The maximum absolute atomic E-state index is 12.1. The third-order valence-electron chi connectivity index (χ3n) is 6.47. The first-order valence-electron chi connectivity index (χ1n) is 10.0. The molecule has 2 aromatic heterocycles. The minimum atomic E-state index is -0.0572. The highest BCUT2D eigenvalue weighted by atomic mass is 127. The number of piperidine rings is 2. The van der Waals surface area contributed by atoms with E-state index in [0.29, 0.717) is 12.0 Å². The number of halogens is 1. The molecule has 3 fully saturated rings. The van der Waals surface area contributed by atoms with Crippen LogP contribution in [0.3, 0.4) is 0 Å². The van der Waals surface area contributed by atoms with Crippen LogP contribution < -0.4 is 4.90 Å². The molecule has 0 unspecified atom stereocenters. The second-order valence-electron chi connectivity index (χ2n) is 8.06. The lowest BCUT2D eigenvalue weighted by Gasteiger charge is -2.49. The van der Waals surface area contributed by atoms with Crippen LogP contribution in [0.4, 0.5) is 5.82 Å². The number of aromatic nitrogens is 3. The molecule has 29 heavy (non-hydrogen) atoms. The summed E-state index contributed by atoms with van der Waals surface area (Å²) in [6.07, 6.45) is 4.98. The molecule has 2 bridgehead atoms. The number of anilines is 1. The number of hydrogen-bond acceptors (Lipinski definition) is 5. The lowest BCUT2D eigenvalue weighted by Crippen LogP contribution is -2.54. The van der Waals surface area contributed by atoms with Gasteiger partial charge in [0.2, 0.25) is 0 Å². The highest BCUT2D eigenvalue weighted by Crippen LogP contribution is 2.41. The number of hydrogen-bond donors (Lipinski definition) is 0. The van der Waals surface area contributed by atoms with Gasteiger partial charge in [-0.2, -0.15) is 5.10 Å². The van der Waals surface area contributed by atoms with Crippen molar-refractivity contribution < 1.29 is 9.53 Å². The van der Waals surface area contributed by atoms with Gasteiger partial charge in [0.1, 0.15) is 9.52 Å². The number of ether oxygens (including phenoxy) is 1. The Bertz CT molecular complexity index is 1080. The first-order valence-corrected chi connectivity index (χ1v) is 11.1. The van der Waals surface area contributed by atoms with Crippen molar-refractivity contribution in [1.29, 1.82) is 0 Å². The van der Waals surface area contributed by atoms with Gasteiger partial charge in [-0.1, -0.05) is 18.2 Å². The van der Waals surface area contributed by atoms with Crippen LogP contribution in [0.1, 0.15) is 24.8 Å². The molecule has 0 N–H and O–H groups in total. The molecule has 2 saturated heterocycles. The standard InChI is InChI=1S/C22H23IN4O2/c1-13-4-3-5-17-20(13)27(25-21(17)23)16-8-9-19(24-11-16)26-12-14-6-7-15(26)10-18(14)22(28)29-2/h3-5,8-9,11,14-15,18H,6-7,10,12H2,1-2H3/t14-,15-,18+/m1/s1. The lowest BCUT2D eigenvalue weighted by atomic mass is 9.72. The van der Waals surface area contributed by atoms with Crippen LogP contribution in [0.2, 0.25) is 0 Å². The molecule has 1 aromatic carbocycles. The fraction of sp³-hybridized carbons (Fsp3) is 0.409. The van der Waals surface area contributed by atoms with Crippen LogP contribution in [-0.4, -0.2) is 40.4 Å². The first-order chi connectivity index (χ1) is 14.1. The number of carbonyl (C=O) groups excluding carboxylic acids is 1. The predicted octanol–water partition coefficient (Wildman–Crippen LogP) is 4.11. The fourth-order valence-electron chi connectivity index (χ4n) is 4.99. The summed E-state index contributed by atoms with van der Waals surface area (Å²) in [7, 11) is 1.49. The maximum Gasteiger partial charge on any atom is 0.309 e. The summed E-state index contributed by atoms with van der Waals surface area (Å²) in [6, 6.07) is 10.8. The number of esters is 1. The van der Waals surface area contributed by atoms with Crippen molar-refractivity contribution in [2.75, 3.05) is 18.6 Å². The van der Waals surface area contributed by atoms with E-state index in [1.807, 2.05) is 10.9 Å². The number of rotatable bonds is 3. The van der Waals surface area contributed by atoms with E-state index in [1.165, 1.54) is 12.7 Å². The molecule has 6 nitrogen and oxygen atoms in total. The summed E-state index contributed by atoms with van der Waals surface area (Å²) < 4.78 is 7.99. The number of nitrogens with zero attached hydrogens (tertiary/aromatic N) is 4. The van der Waals surface area contributed by atoms with Crippen molar-refractivity contribution in [2.24, 2.45) is 11.8 Å². The Kier molecular flexibility index (Phi) is 4.72. The number of pyridine rings is 1. The molecule has 7 heteroatoms. The Labute approximate surface area is 183 Å². The van der Waals surface area contributed by atoms with Gasteiger partial charge in [-0.05, 0) is 72.4 Å². The molecular weight excluding hydrogens is 479 g/mol. The van der Waals surface area contributed by atoms with E-state index in [4.69, 9.17) is 14.8 Å². The van der Waals surface area contributed by atoms with Crippen LogP contribution in [0.25, 0.3) is 16.6 Å². The van der Waals surface area contributed by atoms with Crippen LogP contribution in [0.5, 0.6) is 0 Å². The minimum absolute atomic E-state index is 0.0368. The Morgan fingerprint density at radius 3 is 2.79 bits per heavy atom. The number of aryl methyl sites for hydroxylation is 1. The predicted molar refractivity (Wildman–Crippen MR) is 120 cm³/mol. The highest BCUT2D eigenvalue weighted by molar-refractivity contribution is 14.1. The molecule has 150 valence electrons. The van der Waals surface area contributed by atoms with E-state index < -0.39 is 0 Å².